The molecular formula is C17H26N6O. The highest BCUT2D eigenvalue weighted by molar-refractivity contribution is 5.79. The van der Waals surface area contributed by atoms with Crippen molar-refractivity contribution >= 4 is 17.0 Å². The zero-order chi connectivity index (χ0) is 16.5. The van der Waals surface area contributed by atoms with E-state index in [0.717, 1.165) is 57.5 Å². The lowest BCUT2D eigenvalue weighted by Crippen LogP contribution is -2.58. The Kier molecular flexibility index (Phi) is 4.41. The van der Waals surface area contributed by atoms with Gasteiger partial charge >= 0.3 is 0 Å². The molecule has 2 aliphatic rings. The lowest BCUT2D eigenvalue weighted by atomic mass is 10.3. The van der Waals surface area contributed by atoms with E-state index in [-0.39, 0.29) is 0 Å². The first kappa shape index (κ1) is 15.8. The Labute approximate surface area is 143 Å². The predicted molar refractivity (Wildman–Crippen MR) is 94.7 cm³/mol. The van der Waals surface area contributed by atoms with E-state index in [4.69, 9.17) is 9.72 Å². The molecule has 4 rings (SSSR count). The fraction of sp³-hybridized carbons (Fsp3) is 0.588. The molecule has 2 aliphatic heterocycles. The van der Waals surface area contributed by atoms with Crippen molar-refractivity contribution in [2.45, 2.75) is 6.67 Å². The minimum Gasteiger partial charge on any atom is -0.383 e. The van der Waals surface area contributed by atoms with E-state index < -0.39 is 0 Å². The Hall–Kier alpha value is -1.67. The van der Waals surface area contributed by atoms with E-state index >= 15 is 0 Å². The van der Waals surface area contributed by atoms with Gasteiger partial charge in [-0.25, -0.2) is 15.0 Å². The van der Waals surface area contributed by atoms with Crippen LogP contribution in [-0.4, -0.2) is 84.6 Å². The average Bonchev–Trinajstić information content (AvgIpc) is 2.99. The summed E-state index contributed by atoms with van der Waals surface area (Å²) >= 11 is 0. The number of para-hydroxylation sites is 2. The van der Waals surface area contributed by atoms with Crippen LogP contribution in [0.4, 0.5) is 5.95 Å². The number of hydrazine groups is 1. The third-order valence-corrected chi connectivity index (χ3v) is 5.00. The summed E-state index contributed by atoms with van der Waals surface area (Å²) in [5.41, 5.74) is 2.27. The molecule has 0 unspecified atom stereocenters. The molecule has 3 heterocycles. The number of fused-ring (bicyclic) bond motifs is 3. The monoisotopic (exact) mass is 330 g/mol. The van der Waals surface area contributed by atoms with Crippen LogP contribution in [0.1, 0.15) is 0 Å². The number of imidazole rings is 1. The van der Waals surface area contributed by atoms with Crippen molar-refractivity contribution in [1.82, 2.24) is 24.5 Å². The number of rotatable bonds is 4. The lowest BCUT2D eigenvalue weighted by Gasteiger charge is -2.45. The van der Waals surface area contributed by atoms with Crippen molar-refractivity contribution in [3.05, 3.63) is 24.3 Å². The van der Waals surface area contributed by atoms with Gasteiger partial charge in [0.05, 0.1) is 31.0 Å². The molecular weight excluding hydrogens is 304 g/mol. The standard InChI is InChI=1S/C17H26N6O/c1-19-7-9-21(10-8-19)22-13-20(11-12-24-2)17-18-15-5-3-4-6-16(15)23(17)14-22/h3-6H,7-14H2,1-2H3. The summed E-state index contributed by atoms with van der Waals surface area (Å²) in [7, 11) is 3.95. The SMILES string of the molecule is COCCN1CN(N2CCN(C)CC2)Cn2c1nc1ccccc12. The molecule has 0 amide bonds. The molecule has 0 radical (unpaired) electrons. The summed E-state index contributed by atoms with van der Waals surface area (Å²) in [5, 5.41) is 4.93. The summed E-state index contributed by atoms with van der Waals surface area (Å²) in [5.74, 6) is 1.05. The van der Waals surface area contributed by atoms with Crippen LogP contribution in [0.15, 0.2) is 24.3 Å². The van der Waals surface area contributed by atoms with E-state index in [1.54, 1.807) is 7.11 Å². The van der Waals surface area contributed by atoms with Gasteiger partial charge in [0, 0.05) is 39.8 Å². The molecule has 2 aromatic rings. The highest BCUT2D eigenvalue weighted by Crippen LogP contribution is 2.27. The smallest absolute Gasteiger partial charge is 0.208 e. The Balaban J connectivity index is 1.64. The first-order chi connectivity index (χ1) is 11.8. The number of likely N-dealkylation sites (N-methyl/N-ethyl adjacent to an activating group) is 1. The van der Waals surface area contributed by atoms with Crippen LogP contribution < -0.4 is 4.90 Å². The largest absolute Gasteiger partial charge is 0.383 e. The summed E-state index contributed by atoms with van der Waals surface area (Å²) in [4.78, 5) is 9.57. The van der Waals surface area contributed by atoms with Crippen molar-refractivity contribution in [3.63, 3.8) is 0 Å². The molecule has 7 heteroatoms. The fourth-order valence-corrected chi connectivity index (χ4v) is 3.54. The van der Waals surface area contributed by atoms with Crippen LogP contribution in [0.5, 0.6) is 0 Å². The second kappa shape index (κ2) is 6.68. The minimum absolute atomic E-state index is 0.708. The average molecular weight is 330 g/mol. The highest BCUT2D eigenvalue weighted by Gasteiger charge is 2.30. The van der Waals surface area contributed by atoms with Crippen LogP contribution in [0.3, 0.4) is 0 Å². The topological polar surface area (TPSA) is 40.0 Å². The van der Waals surface area contributed by atoms with Gasteiger partial charge in [-0.3, -0.25) is 4.57 Å². The number of piperazine rings is 1. The maximum atomic E-state index is 5.31. The van der Waals surface area contributed by atoms with Gasteiger partial charge in [-0.15, -0.1) is 0 Å². The van der Waals surface area contributed by atoms with Gasteiger partial charge < -0.3 is 14.5 Å². The summed E-state index contributed by atoms with van der Waals surface area (Å²) in [6.07, 6.45) is 0. The number of anilines is 1. The summed E-state index contributed by atoms with van der Waals surface area (Å²) in [6.45, 7) is 7.69. The second-order valence-corrected chi connectivity index (χ2v) is 6.63. The van der Waals surface area contributed by atoms with E-state index in [1.807, 2.05) is 0 Å². The number of ether oxygens (including phenoxy) is 1. The maximum Gasteiger partial charge on any atom is 0.208 e. The van der Waals surface area contributed by atoms with Gasteiger partial charge in [0.25, 0.3) is 0 Å². The summed E-state index contributed by atoms with van der Waals surface area (Å²) < 4.78 is 7.64. The lowest BCUT2D eigenvalue weighted by molar-refractivity contribution is -0.0805. The molecule has 130 valence electrons. The second-order valence-electron chi connectivity index (χ2n) is 6.63. The van der Waals surface area contributed by atoms with Crippen LogP contribution in [0, 0.1) is 0 Å². The van der Waals surface area contributed by atoms with Crippen molar-refractivity contribution in [2.24, 2.45) is 0 Å². The van der Waals surface area contributed by atoms with Crippen LogP contribution in [0.2, 0.25) is 0 Å². The molecule has 24 heavy (non-hydrogen) atoms. The van der Waals surface area contributed by atoms with Crippen LogP contribution in [0.25, 0.3) is 11.0 Å². The third kappa shape index (κ3) is 2.88. The van der Waals surface area contributed by atoms with Gasteiger partial charge in [0.1, 0.15) is 0 Å². The molecule has 0 saturated carbocycles. The highest BCUT2D eigenvalue weighted by atomic mass is 16.5. The van der Waals surface area contributed by atoms with Gasteiger partial charge in [0.2, 0.25) is 5.95 Å². The van der Waals surface area contributed by atoms with E-state index in [2.05, 4.69) is 55.7 Å². The molecule has 0 spiro atoms. The number of aromatic nitrogens is 2. The van der Waals surface area contributed by atoms with Crippen molar-refractivity contribution in [2.75, 3.05) is 65.1 Å². The Morgan fingerprint density at radius 3 is 2.62 bits per heavy atom. The third-order valence-electron chi connectivity index (χ3n) is 5.00. The molecule has 1 aromatic carbocycles. The predicted octanol–water partition coefficient (Wildman–Crippen LogP) is 0.882. The quantitative estimate of drug-likeness (QED) is 0.829. The zero-order valence-corrected chi connectivity index (χ0v) is 14.6. The van der Waals surface area contributed by atoms with Crippen LogP contribution in [-0.2, 0) is 11.4 Å². The molecule has 0 bridgehead atoms. The van der Waals surface area contributed by atoms with E-state index in [9.17, 15) is 0 Å². The zero-order valence-electron chi connectivity index (χ0n) is 14.6. The molecule has 7 nitrogen and oxygen atoms in total. The van der Waals surface area contributed by atoms with Crippen molar-refractivity contribution < 1.29 is 4.74 Å². The molecule has 1 fully saturated rings. The minimum atomic E-state index is 0.708. The number of benzene rings is 1. The fourth-order valence-electron chi connectivity index (χ4n) is 3.54. The van der Waals surface area contributed by atoms with E-state index in [0.29, 0.717) is 6.61 Å². The summed E-state index contributed by atoms with van der Waals surface area (Å²) in [6, 6.07) is 8.40. The molecule has 1 saturated heterocycles. The maximum absolute atomic E-state index is 5.31. The van der Waals surface area contributed by atoms with Gasteiger partial charge in [-0.1, -0.05) is 12.1 Å². The van der Waals surface area contributed by atoms with E-state index in [1.165, 1.54) is 5.52 Å². The van der Waals surface area contributed by atoms with Crippen molar-refractivity contribution in [1.29, 1.82) is 0 Å². The van der Waals surface area contributed by atoms with Crippen molar-refractivity contribution in [3.8, 4) is 0 Å². The molecule has 0 aliphatic carbocycles. The van der Waals surface area contributed by atoms with Gasteiger partial charge in [-0.2, -0.15) is 0 Å². The Morgan fingerprint density at radius 2 is 1.83 bits per heavy atom. The number of methoxy groups -OCH3 is 1. The molecule has 0 N–H and O–H groups in total. The first-order valence-corrected chi connectivity index (χ1v) is 8.64. The first-order valence-electron chi connectivity index (χ1n) is 8.64. The molecule has 1 aromatic heterocycles. The molecule has 0 atom stereocenters. The Bertz CT molecular complexity index is 693. The Morgan fingerprint density at radius 1 is 1.04 bits per heavy atom. The van der Waals surface area contributed by atoms with Gasteiger partial charge in [0.15, 0.2) is 0 Å². The number of nitrogens with zero attached hydrogens (tertiary/aromatic N) is 6. The number of hydrogen-bond donors (Lipinski definition) is 0. The van der Waals surface area contributed by atoms with Crippen LogP contribution >= 0.6 is 0 Å². The normalized spacial score (nSPS) is 20.7. The van der Waals surface area contributed by atoms with Gasteiger partial charge in [-0.05, 0) is 19.2 Å². The number of hydrogen-bond acceptors (Lipinski definition) is 6.